The number of amides is 2. The molecule has 0 aliphatic heterocycles. The summed E-state index contributed by atoms with van der Waals surface area (Å²) in [4.78, 5) is 25.9. The molecule has 1 unspecified atom stereocenters. The standard InChI is InChI=1S/C24H34N4O3S/c1-17(2)25-12-13-26-22(29)18-14-19(16-21(15-18)28(5)32(6)31)23(30)27-24(3,4)20-10-8-7-9-11-20/h7-11,14-17,25H,12-13H2,1-6H3,(H,26,29)(H,27,30). The molecule has 32 heavy (non-hydrogen) atoms. The molecule has 3 N–H and O–H groups in total. The van der Waals surface area contributed by atoms with Gasteiger partial charge in [0, 0.05) is 43.6 Å². The first-order chi connectivity index (χ1) is 15.0. The lowest BCUT2D eigenvalue weighted by Gasteiger charge is -2.27. The van der Waals surface area contributed by atoms with Crippen molar-refractivity contribution < 1.29 is 13.8 Å². The summed E-state index contributed by atoms with van der Waals surface area (Å²) in [5.41, 5.74) is 1.55. The number of anilines is 1. The summed E-state index contributed by atoms with van der Waals surface area (Å²) in [5, 5.41) is 9.14. The van der Waals surface area contributed by atoms with Crippen LogP contribution in [0.3, 0.4) is 0 Å². The lowest BCUT2D eigenvalue weighted by Crippen LogP contribution is -2.41. The molecule has 0 aliphatic carbocycles. The number of hydrogen-bond acceptors (Lipinski definition) is 4. The minimum absolute atomic E-state index is 0.288. The molecule has 0 fully saturated rings. The Kier molecular flexibility index (Phi) is 8.98. The molecule has 174 valence electrons. The Labute approximate surface area is 193 Å². The molecule has 0 radical (unpaired) electrons. The molecule has 0 aliphatic rings. The van der Waals surface area contributed by atoms with E-state index in [-0.39, 0.29) is 11.8 Å². The van der Waals surface area contributed by atoms with E-state index in [4.69, 9.17) is 0 Å². The van der Waals surface area contributed by atoms with Crippen LogP contribution >= 0.6 is 0 Å². The number of nitrogens with one attached hydrogen (secondary N) is 3. The Bertz CT molecular complexity index is 961. The second-order valence-corrected chi connectivity index (χ2v) is 9.89. The zero-order valence-corrected chi connectivity index (χ0v) is 20.5. The van der Waals surface area contributed by atoms with Gasteiger partial charge in [0.15, 0.2) is 0 Å². The van der Waals surface area contributed by atoms with Gasteiger partial charge in [0.1, 0.15) is 11.0 Å². The van der Waals surface area contributed by atoms with Crippen molar-refractivity contribution >= 4 is 28.5 Å². The van der Waals surface area contributed by atoms with E-state index in [9.17, 15) is 13.8 Å². The van der Waals surface area contributed by atoms with Gasteiger partial charge in [-0.2, -0.15) is 0 Å². The highest BCUT2D eigenvalue weighted by atomic mass is 32.2. The fraction of sp³-hybridized carbons (Fsp3) is 0.417. The Hall–Kier alpha value is -2.71. The Morgan fingerprint density at radius 3 is 2.16 bits per heavy atom. The molecule has 1 atom stereocenters. The minimum Gasteiger partial charge on any atom is -0.351 e. The predicted octanol–water partition coefficient (Wildman–Crippen LogP) is 2.81. The van der Waals surface area contributed by atoms with Crippen LogP contribution in [0.1, 0.15) is 54.0 Å². The number of hydrogen-bond donors (Lipinski definition) is 3. The van der Waals surface area contributed by atoms with E-state index in [1.807, 2.05) is 58.0 Å². The highest BCUT2D eigenvalue weighted by Crippen LogP contribution is 2.23. The van der Waals surface area contributed by atoms with E-state index >= 15 is 0 Å². The molecule has 0 spiro atoms. The maximum atomic E-state index is 13.1. The van der Waals surface area contributed by atoms with Gasteiger partial charge in [-0.1, -0.05) is 44.2 Å². The minimum atomic E-state index is -1.31. The Morgan fingerprint density at radius 2 is 1.59 bits per heavy atom. The number of rotatable bonds is 10. The first kappa shape index (κ1) is 25.5. The molecule has 2 aromatic rings. The monoisotopic (exact) mass is 458 g/mol. The molecule has 0 heterocycles. The summed E-state index contributed by atoms with van der Waals surface area (Å²) in [6.07, 6.45) is 1.54. The molecular weight excluding hydrogens is 424 g/mol. The highest BCUT2D eigenvalue weighted by molar-refractivity contribution is 7.85. The summed E-state index contributed by atoms with van der Waals surface area (Å²) in [6, 6.07) is 14.9. The van der Waals surface area contributed by atoms with Crippen LogP contribution in [-0.2, 0) is 16.5 Å². The van der Waals surface area contributed by atoms with Gasteiger partial charge in [0.25, 0.3) is 11.8 Å². The molecule has 2 amide bonds. The number of carbonyl (C=O) groups excluding carboxylic acids is 2. The van der Waals surface area contributed by atoms with E-state index in [0.717, 1.165) is 5.56 Å². The topological polar surface area (TPSA) is 90.5 Å². The third kappa shape index (κ3) is 7.17. The predicted molar refractivity (Wildman–Crippen MR) is 131 cm³/mol. The molecule has 8 heteroatoms. The number of nitrogens with zero attached hydrogens (tertiary/aromatic N) is 1. The van der Waals surface area contributed by atoms with E-state index < -0.39 is 16.5 Å². The molecule has 7 nitrogen and oxygen atoms in total. The van der Waals surface area contributed by atoms with Crippen molar-refractivity contribution in [2.24, 2.45) is 0 Å². The van der Waals surface area contributed by atoms with E-state index in [1.165, 1.54) is 4.31 Å². The van der Waals surface area contributed by atoms with Crippen LogP contribution in [-0.4, -0.2) is 48.5 Å². The molecule has 0 saturated carbocycles. The zero-order chi connectivity index (χ0) is 23.9. The second-order valence-electron chi connectivity index (χ2n) is 8.50. The van der Waals surface area contributed by atoms with Gasteiger partial charge in [0.05, 0.1) is 11.2 Å². The molecular formula is C24H34N4O3S. The number of carbonyl (C=O) groups is 2. The van der Waals surface area contributed by atoms with Crippen molar-refractivity contribution in [1.82, 2.24) is 16.0 Å². The van der Waals surface area contributed by atoms with E-state index in [0.29, 0.717) is 35.9 Å². The van der Waals surface area contributed by atoms with Crippen molar-refractivity contribution in [3.8, 4) is 0 Å². The van der Waals surface area contributed by atoms with Crippen LogP contribution in [0.15, 0.2) is 48.5 Å². The van der Waals surface area contributed by atoms with Crippen LogP contribution in [0.4, 0.5) is 5.69 Å². The SMILES string of the molecule is CC(C)NCCNC(=O)c1cc(C(=O)NC(C)(C)c2ccccc2)cc(N(C)S(C)=O)c1. The van der Waals surface area contributed by atoms with E-state index in [2.05, 4.69) is 16.0 Å². The summed E-state index contributed by atoms with van der Waals surface area (Å²) >= 11 is 0. The third-order valence-electron chi connectivity index (χ3n) is 5.08. The van der Waals surface area contributed by atoms with Gasteiger partial charge in [-0.05, 0) is 37.6 Å². The first-order valence-corrected chi connectivity index (χ1v) is 12.1. The highest BCUT2D eigenvalue weighted by Gasteiger charge is 2.24. The quantitative estimate of drug-likeness (QED) is 0.478. The van der Waals surface area contributed by atoms with Crippen LogP contribution in [0, 0.1) is 0 Å². The van der Waals surface area contributed by atoms with Gasteiger partial charge in [-0.3, -0.25) is 13.9 Å². The van der Waals surface area contributed by atoms with Crippen molar-refractivity contribution in [3.63, 3.8) is 0 Å². The summed E-state index contributed by atoms with van der Waals surface area (Å²) in [5.74, 6) is -0.601. The lowest BCUT2D eigenvalue weighted by molar-refractivity contribution is 0.0912. The van der Waals surface area contributed by atoms with Crippen molar-refractivity contribution in [1.29, 1.82) is 0 Å². The van der Waals surface area contributed by atoms with Crippen molar-refractivity contribution in [2.75, 3.05) is 30.7 Å². The normalized spacial score (nSPS) is 12.3. The molecule has 0 saturated heterocycles. The first-order valence-electron chi connectivity index (χ1n) is 10.6. The van der Waals surface area contributed by atoms with Crippen molar-refractivity contribution in [3.05, 3.63) is 65.2 Å². The second kappa shape index (κ2) is 11.2. The van der Waals surface area contributed by atoms with Crippen LogP contribution < -0.4 is 20.3 Å². The van der Waals surface area contributed by atoms with Crippen LogP contribution in [0.2, 0.25) is 0 Å². The zero-order valence-electron chi connectivity index (χ0n) is 19.7. The third-order valence-corrected chi connectivity index (χ3v) is 6.06. The summed E-state index contributed by atoms with van der Waals surface area (Å²) < 4.78 is 13.5. The fourth-order valence-corrected chi connectivity index (χ4v) is 3.53. The molecule has 0 aromatic heterocycles. The molecule has 2 rings (SSSR count). The number of benzene rings is 2. The Morgan fingerprint density at radius 1 is 1.00 bits per heavy atom. The molecule has 0 bridgehead atoms. The van der Waals surface area contributed by atoms with Gasteiger partial charge in [-0.25, -0.2) is 4.21 Å². The maximum Gasteiger partial charge on any atom is 0.252 e. The fourth-order valence-electron chi connectivity index (χ4n) is 3.13. The largest absolute Gasteiger partial charge is 0.351 e. The molecule has 2 aromatic carbocycles. The summed E-state index contributed by atoms with van der Waals surface area (Å²) in [6.45, 7) is 9.01. The van der Waals surface area contributed by atoms with Gasteiger partial charge in [-0.15, -0.1) is 0 Å². The van der Waals surface area contributed by atoms with Gasteiger partial charge in [0.2, 0.25) is 0 Å². The van der Waals surface area contributed by atoms with Gasteiger partial charge < -0.3 is 16.0 Å². The average molecular weight is 459 g/mol. The Balaban J connectivity index is 2.29. The van der Waals surface area contributed by atoms with Gasteiger partial charge >= 0.3 is 0 Å². The summed E-state index contributed by atoms with van der Waals surface area (Å²) in [7, 11) is 0.357. The van der Waals surface area contributed by atoms with E-state index in [1.54, 1.807) is 31.5 Å². The lowest BCUT2D eigenvalue weighted by atomic mass is 9.93. The smallest absolute Gasteiger partial charge is 0.252 e. The van der Waals surface area contributed by atoms with Crippen LogP contribution in [0.5, 0.6) is 0 Å². The van der Waals surface area contributed by atoms with Crippen LogP contribution in [0.25, 0.3) is 0 Å². The average Bonchev–Trinajstić information content (AvgIpc) is 2.75. The van der Waals surface area contributed by atoms with Crippen molar-refractivity contribution in [2.45, 2.75) is 39.3 Å². The maximum absolute atomic E-state index is 13.1.